The van der Waals surface area contributed by atoms with Crippen LogP contribution in [0.15, 0.2) is 34.9 Å². The molecule has 1 heterocycles. The van der Waals surface area contributed by atoms with E-state index in [1.165, 1.54) is 19.9 Å². The van der Waals surface area contributed by atoms with Crippen molar-refractivity contribution < 1.29 is 74.5 Å². The molecule has 57 heavy (non-hydrogen) atoms. The SMILES string of the molecule is CC[C@H](C)C[C@H](C)C[C@H](C)[C@@H](O[C@@H]1O[C@H](COC(C)=O)[C@@H](O)[C@H](O)[C@@H]1O)[C@H](C)/C=C(\C)[C@H](O)[C@@H](C)/C=C(\C)[C@H](O)[C@@H](C)/C=C(\C)C(=O)OC[C@@H](O)[C@H](O)[C@H](O)CO. The minimum absolute atomic E-state index is 0.0761. The fourth-order valence-electron chi connectivity index (χ4n) is 7.35. The Morgan fingerprint density at radius 3 is 1.77 bits per heavy atom. The second kappa shape index (κ2) is 25.4. The van der Waals surface area contributed by atoms with Gasteiger partial charge in [-0.05, 0) is 62.5 Å². The maximum atomic E-state index is 12.5. The topological polar surface area (TPSA) is 253 Å². The summed E-state index contributed by atoms with van der Waals surface area (Å²) in [5, 5.41) is 92.7. The molecule has 1 aliphatic heterocycles. The van der Waals surface area contributed by atoms with Crippen LogP contribution in [0.5, 0.6) is 0 Å². The van der Waals surface area contributed by atoms with E-state index in [2.05, 4.69) is 20.8 Å². The van der Waals surface area contributed by atoms with Gasteiger partial charge < -0.3 is 64.9 Å². The van der Waals surface area contributed by atoms with Gasteiger partial charge in [-0.2, -0.15) is 0 Å². The predicted molar refractivity (Wildman–Crippen MR) is 212 cm³/mol. The van der Waals surface area contributed by atoms with Crippen LogP contribution in [-0.4, -0.2) is 145 Å². The third kappa shape index (κ3) is 17.1. The third-order valence-electron chi connectivity index (χ3n) is 10.9. The summed E-state index contributed by atoms with van der Waals surface area (Å²) in [4.78, 5) is 23.9. The van der Waals surface area contributed by atoms with Crippen molar-refractivity contribution in [2.45, 2.75) is 163 Å². The van der Waals surface area contributed by atoms with Gasteiger partial charge in [0.2, 0.25) is 0 Å². The zero-order chi connectivity index (χ0) is 43.9. The summed E-state index contributed by atoms with van der Waals surface area (Å²) in [7, 11) is 0. The van der Waals surface area contributed by atoms with Gasteiger partial charge in [-0.25, -0.2) is 4.79 Å². The van der Waals surface area contributed by atoms with E-state index in [1.807, 2.05) is 19.9 Å². The Bertz CT molecular complexity index is 1300. The zero-order valence-electron chi connectivity index (χ0n) is 35.8. The average Bonchev–Trinajstić information content (AvgIpc) is 3.15. The van der Waals surface area contributed by atoms with Crippen molar-refractivity contribution in [3.05, 3.63) is 34.9 Å². The lowest BCUT2D eigenvalue weighted by atomic mass is 9.82. The first kappa shape index (κ1) is 52.7. The number of hydrogen-bond donors (Lipinski definition) is 9. The van der Waals surface area contributed by atoms with Crippen LogP contribution >= 0.6 is 0 Å². The largest absolute Gasteiger partial charge is 0.463 e. The number of aliphatic hydroxyl groups excluding tert-OH is 9. The highest BCUT2D eigenvalue weighted by Crippen LogP contribution is 2.33. The molecule has 1 fully saturated rings. The number of carbonyl (C=O) groups excluding carboxylic acids is 2. The molecule has 15 heteroatoms. The van der Waals surface area contributed by atoms with E-state index in [4.69, 9.17) is 24.1 Å². The molecule has 332 valence electrons. The van der Waals surface area contributed by atoms with E-state index >= 15 is 0 Å². The highest BCUT2D eigenvalue weighted by molar-refractivity contribution is 5.87. The van der Waals surface area contributed by atoms with Gasteiger partial charge in [0, 0.05) is 30.3 Å². The lowest BCUT2D eigenvalue weighted by molar-refractivity contribution is -0.317. The minimum atomic E-state index is -1.71. The van der Waals surface area contributed by atoms with E-state index in [1.54, 1.807) is 33.8 Å². The van der Waals surface area contributed by atoms with Crippen LogP contribution in [0.25, 0.3) is 0 Å². The Hall–Kier alpha value is -2.28. The first-order valence-corrected chi connectivity index (χ1v) is 20.2. The van der Waals surface area contributed by atoms with Gasteiger partial charge in [0.1, 0.15) is 55.9 Å². The van der Waals surface area contributed by atoms with Gasteiger partial charge in [0.15, 0.2) is 6.29 Å². The molecule has 0 aromatic heterocycles. The molecule has 0 radical (unpaired) electrons. The van der Waals surface area contributed by atoms with Crippen LogP contribution in [0.3, 0.4) is 0 Å². The molecule has 17 atom stereocenters. The minimum Gasteiger partial charge on any atom is -0.463 e. The Balaban J connectivity index is 3.20. The molecule has 0 aromatic rings. The zero-order valence-corrected chi connectivity index (χ0v) is 35.8. The molecule has 1 aliphatic rings. The quantitative estimate of drug-likeness (QED) is 0.0383. The molecule has 0 spiro atoms. The van der Waals surface area contributed by atoms with Crippen molar-refractivity contribution in [1.82, 2.24) is 0 Å². The standard InChI is InChI=1S/C42H74O15/c1-12-21(2)13-22(3)14-27(8)40(57-42-39(52)38(51)37(50)33(56-42)20-54-30(11)44)28(9)16-25(6)34(47)23(4)15-24(5)35(48)26(7)17-29(10)41(53)55-19-32(46)36(49)31(45)18-43/h15-17,21-23,26-28,31-40,42-43,45-52H,12-14,18-20H2,1-11H3/b24-15+,25-16+,29-17+/t21-,22-,23-,26-,27-,28+,31+,32+,33+,34+,35-,36+,37+,38-,39-,40+,42-/m0/s1. The fraction of sp³-hybridized carbons (Fsp3) is 0.810. The van der Waals surface area contributed by atoms with Crippen LogP contribution < -0.4 is 0 Å². The first-order chi connectivity index (χ1) is 26.5. The molecule has 0 aliphatic carbocycles. The summed E-state index contributed by atoms with van der Waals surface area (Å²) in [5.74, 6) is -1.96. The molecule has 1 rings (SSSR count). The third-order valence-corrected chi connectivity index (χ3v) is 10.9. The Morgan fingerprint density at radius 1 is 0.702 bits per heavy atom. The maximum absolute atomic E-state index is 12.5. The number of aliphatic hydroxyl groups is 9. The van der Waals surface area contributed by atoms with Crippen molar-refractivity contribution in [3.63, 3.8) is 0 Å². The molecule has 15 nitrogen and oxygen atoms in total. The number of esters is 2. The van der Waals surface area contributed by atoms with Crippen LogP contribution in [0.4, 0.5) is 0 Å². The second-order valence-electron chi connectivity index (χ2n) is 16.5. The van der Waals surface area contributed by atoms with Crippen LogP contribution in [0.1, 0.15) is 95.4 Å². The van der Waals surface area contributed by atoms with Crippen molar-refractivity contribution >= 4 is 11.9 Å². The molecular weight excluding hydrogens is 744 g/mol. The molecule has 0 bridgehead atoms. The highest BCUT2D eigenvalue weighted by Gasteiger charge is 2.46. The molecule has 9 N–H and O–H groups in total. The smallest absolute Gasteiger partial charge is 0.333 e. The molecule has 0 saturated carbocycles. The van der Waals surface area contributed by atoms with Crippen LogP contribution in [0, 0.1) is 35.5 Å². The van der Waals surface area contributed by atoms with E-state index in [0.29, 0.717) is 23.0 Å². The summed E-state index contributed by atoms with van der Waals surface area (Å²) >= 11 is 0. The van der Waals surface area contributed by atoms with Crippen LogP contribution in [-0.2, 0) is 28.5 Å². The highest BCUT2D eigenvalue weighted by atomic mass is 16.7. The molecule has 0 unspecified atom stereocenters. The number of rotatable bonds is 24. The van der Waals surface area contributed by atoms with Gasteiger partial charge in [0.25, 0.3) is 0 Å². The van der Waals surface area contributed by atoms with Gasteiger partial charge >= 0.3 is 11.9 Å². The summed E-state index contributed by atoms with van der Waals surface area (Å²) in [6.07, 6.45) is -6.74. The first-order valence-electron chi connectivity index (χ1n) is 20.2. The van der Waals surface area contributed by atoms with Crippen molar-refractivity contribution in [3.8, 4) is 0 Å². The van der Waals surface area contributed by atoms with E-state index < -0.39 is 104 Å². The van der Waals surface area contributed by atoms with Crippen molar-refractivity contribution in [2.75, 3.05) is 19.8 Å². The van der Waals surface area contributed by atoms with Gasteiger partial charge in [0.05, 0.1) is 24.9 Å². The van der Waals surface area contributed by atoms with Crippen molar-refractivity contribution in [2.24, 2.45) is 35.5 Å². The summed E-state index contributed by atoms with van der Waals surface area (Å²) in [5.41, 5.74) is 1.30. The predicted octanol–water partition coefficient (Wildman–Crippen LogP) is 1.93. The van der Waals surface area contributed by atoms with Crippen LogP contribution in [0.2, 0.25) is 0 Å². The Kier molecular flexibility index (Phi) is 23.5. The van der Waals surface area contributed by atoms with E-state index in [9.17, 15) is 50.4 Å². The molecular formula is C42H74O15. The summed E-state index contributed by atoms with van der Waals surface area (Å²) in [6, 6.07) is 0. The lowest BCUT2D eigenvalue weighted by Crippen LogP contribution is -2.60. The van der Waals surface area contributed by atoms with Gasteiger partial charge in [-0.3, -0.25) is 4.79 Å². The fourth-order valence-corrected chi connectivity index (χ4v) is 7.35. The van der Waals surface area contributed by atoms with Gasteiger partial charge in [-0.1, -0.05) is 73.1 Å². The Labute approximate surface area is 339 Å². The number of hydrogen-bond acceptors (Lipinski definition) is 15. The number of carbonyl (C=O) groups is 2. The molecule has 0 amide bonds. The van der Waals surface area contributed by atoms with E-state index in [-0.39, 0.29) is 24.0 Å². The lowest BCUT2D eigenvalue weighted by Gasteiger charge is -2.43. The normalized spacial score (nSPS) is 27.5. The summed E-state index contributed by atoms with van der Waals surface area (Å²) in [6.45, 7) is 18.4. The van der Waals surface area contributed by atoms with E-state index in [0.717, 1.165) is 19.3 Å². The van der Waals surface area contributed by atoms with Crippen molar-refractivity contribution in [1.29, 1.82) is 0 Å². The van der Waals surface area contributed by atoms with Gasteiger partial charge in [-0.15, -0.1) is 0 Å². The maximum Gasteiger partial charge on any atom is 0.333 e. The molecule has 0 aromatic carbocycles. The average molecular weight is 819 g/mol. The Morgan fingerprint density at radius 2 is 1.25 bits per heavy atom. The molecule has 1 saturated heterocycles. The monoisotopic (exact) mass is 819 g/mol. The summed E-state index contributed by atoms with van der Waals surface area (Å²) < 4.78 is 22.4. The number of ether oxygens (including phenoxy) is 4. The second-order valence-corrected chi connectivity index (χ2v) is 16.5.